The van der Waals surface area contributed by atoms with Crippen LogP contribution in [0.4, 0.5) is 0 Å². The number of nitrogens with one attached hydrogen (secondary N) is 3. The zero-order valence-corrected chi connectivity index (χ0v) is 68.6. The number of ether oxygens (including phenoxy) is 12. The molecule has 6 rings (SSSR count). The van der Waals surface area contributed by atoms with Crippen LogP contribution in [0, 0.1) is 0 Å². The number of allylic oxidation sites excluding steroid dienone is 1. The quantitative estimate of drug-likeness (QED) is 0.0210. The van der Waals surface area contributed by atoms with Crippen LogP contribution in [0.15, 0.2) is 12.2 Å². The molecule has 118 heavy (non-hydrogen) atoms. The summed E-state index contributed by atoms with van der Waals surface area (Å²) >= 11 is 0. The van der Waals surface area contributed by atoms with Gasteiger partial charge in [-0.15, -0.1) is 0 Å². The van der Waals surface area contributed by atoms with E-state index < -0.39 is 278 Å². The predicted molar refractivity (Wildman–Crippen MR) is 411 cm³/mol. The average Bonchev–Trinajstić information content (AvgIpc) is 0.741. The lowest BCUT2D eigenvalue weighted by Gasteiger charge is -2.53. The molecule has 0 aromatic carbocycles. The zero-order valence-electron chi connectivity index (χ0n) is 68.6. The minimum Gasteiger partial charge on any atom is -0.477 e. The number of carboxylic acid groups (broad SMARTS) is 1. The molecule has 0 bridgehead atoms. The minimum absolute atomic E-state index is 0.111. The van der Waals surface area contributed by atoms with Crippen LogP contribution in [0.1, 0.15) is 214 Å². The Morgan fingerprint density at radius 1 is 0.466 bits per heavy atom. The second-order valence-electron chi connectivity index (χ2n) is 32.1. The van der Waals surface area contributed by atoms with E-state index in [0.717, 1.165) is 71.1 Å². The van der Waals surface area contributed by atoms with Gasteiger partial charge in [-0.3, -0.25) is 14.4 Å². The van der Waals surface area contributed by atoms with Crippen molar-refractivity contribution >= 4 is 23.7 Å². The zero-order chi connectivity index (χ0) is 86.8. The molecule has 0 aromatic rings. The molecule has 33 atom stereocenters. The highest BCUT2D eigenvalue weighted by atomic mass is 16.8. The third kappa shape index (κ3) is 30.3. The Morgan fingerprint density at radius 3 is 1.47 bits per heavy atom. The number of rotatable bonds is 55. The van der Waals surface area contributed by atoms with Crippen molar-refractivity contribution in [3.05, 3.63) is 12.2 Å². The largest absolute Gasteiger partial charge is 0.477 e. The van der Waals surface area contributed by atoms with Gasteiger partial charge in [-0.1, -0.05) is 180 Å². The number of aliphatic hydroxyl groups is 19. The molecule has 12 unspecified atom stereocenters. The Labute approximate surface area is 689 Å². The summed E-state index contributed by atoms with van der Waals surface area (Å²) in [6.45, 7) is -1.11. The number of aliphatic carboxylic acids is 1. The molecule has 0 spiro atoms. The van der Waals surface area contributed by atoms with E-state index in [2.05, 4.69) is 29.8 Å². The van der Waals surface area contributed by atoms with Crippen LogP contribution in [0.5, 0.6) is 0 Å². The predicted octanol–water partition coefficient (Wildman–Crippen LogP) is -3.22. The maximum atomic E-state index is 14.0. The molecule has 6 fully saturated rings. The summed E-state index contributed by atoms with van der Waals surface area (Å²) in [5, 5.41) is 231. The normalized spacial score (nSPS) is 36.4. The van der Waals surface area contributed by atoms with Crippen molar-refractivity contribution in [2.24, 2.45) is 0 Å². The lowest BCUT2D eigenvalue weighted by molar-refractivity contribution is -0.405. The Kier molecular flexibility index (Phi) is 46.9. The Bertz CT molecular complexity index is 2830. The van der Waals surface area contributed by atoms with Crippen LogP contribution in [-0.4, -0.2) is 374 Å². The number of unbranched alkanes of at least 4 members (excludes halogenated alkanes) is 25. The molecule has 23 N–H and O–H groups in total. The molecule has 39 nitrogen and oxygen atoms in total. The standard InChI is InChI=1S/C79H141N3O36/c1-5-7-9-11-13-15-17-19-20-22-24-26-28-30-32-34-53(93)81-45(46(90)33-31-29-27-25-23-21-18-16-14-12-10-8-6-2)42-107-74-65(103)63(101)67(51(39-86)111-74)113-76-66(104)71(118-79(78(105)106)35-47(91)55(82-54(94)41-88)70(117-79)58(96)48(92)36-83)68(52(40-87)112-76)114-73-56(80-44(4)89)69(60(98)50(38-85)109-73)115-77-72(62(100)59(97)49(37-84)110-77)116-75-64(102)61(99)57(95)43(3)108-75/h31,33,43,45-52,55-77,83-88,90-92,95-104H,5-30,32,34-42H2,1-4H3,(H,80,89)(H,81,93)(H,82,94)(H,105,106)/b33-31+/t43?,45-,46+,47?,48+,49?,50?,51?,52?,55+,56?,57+,58+,59-,60-,61?,62-,63+,64-,65?,66?,67+,68-,69+,70?,71+,72?,73-,74+,75+,76-,77-,79-/m0/s1. The van der Waals surface area contributed by atoms with Gasteiger partial charge in [0.1, 0.15) is 141 Å². The van der Waals surface area contributed by atoms with E-state index in [-0.39, 0.29) is 6.42 Å². The van der Waals surface area contributed by atoms with Gasteiger partial charge in [0.25, 0.3) is 5.79 Å². The number of hydrogen-bond acceptors (Lipinski definition) is 35. The van der Waals surface area contributed by atoms with E-state index in [1.165, 1.54) is 109 Å². The van der Waals surface area contributed by atoms with Crippen LogP contribution in [-0.2, 0) is 76.0 Å². The summed E-state index contributed by atoms with van der Waals surface area (Å²) in [5.41, 5.74) is 0. The molecule has 6 saturated heterocycles. The Morgan fingerprint density at radius 2 is 0.932 bits per heavy atom. The van der Waals surface area contributed by atoms with Gasteiger partial charge in [-0.05, 0) is 26.2 Å². The van der Waals surface area contributed by atoms with Crippen LogP contribution < -0.4 is 16.0 Å². The lowest BCUT2D eigenvalue weighted by Crippen LogP contribution is -2.72. The molecular weight excluding hydrogens is 1570 g/mol. The van der Waals surface area contributed by atoms with Gasteiger partial charge in [0.15, 0.2) is 31.5 Å². The van der Waals surface area contributed by atoms with E-state index in [4.69, 9.17) is 56.8 Å². The van der Waals surface area contributed by atoms with E-state index in [1.807, 2.05) is 0 Å². The number of carbonyl (C=O) groups is 4. The number of carboxylic acids is 1. The van der Waals surface area contributed by atoms with Crippen LogP contribution in [0.2, 0.25) is 0 Å². The molecule has 6 heterocycles. The summed E-state index contributed by atoms with van der Waals surface area (Å²) in [6.07, 6.45) is -28.6. The van der Waals surface area contributed by atoms with Crippen molar-refractivity contribution in [1.82, 2.24) is 16.0 Å². The molecule has 6 aliphatic rings. The summed E-state index contributed by atoms with van der Waals surface area (Å²) in [6, 6.07) is -5.17. The van der Waals surface area contributed by atoms with Gasteiger partial charge in [-0.25, -0.2) is 4.79 Å². The van der Waals surface area contributed by atoms with Gasteiger partial charge in [0.2, 0.25) is 17.7 Å². The molecule has 3 amide bonds. The van der Waals surface area contributed by atoms with E-state index in [9.17, 15) is 121 Å². The molecule has 688 valence electrons. The molecule has 0 saturated carbocycles. The van der Waals surface area contributed by atoms with Crippen molar-refractivity contribution in [3.8, 4) is 0 Å². The van der Waals surface area contributed by atoms with Crippen molar-refractivity contribution in [2.45, 2.75) is 416 Å². The molecule has 39 heteroatoms. The number of carbonyl (C=O) groups excluding carboxylic acids is 3. The summed E-state index contributed by atoms with van der Waals surface area (Å²) < 4.78 is 72.4. The summed E-state index contributed by atoms with van der Waals surface area (Å²) in [5.74, 6) is -8.38. The highest BCUT2D eigenvalue weighted by Crippen LogP contribution is 2.42. The summed E-state index contributed by atoms with van der Waals surface area (Å²) in [4.78, 5) is 53.8. The maximum Gasteiger partial charge on any atom is 0.364 e. The SMILES string of the molecule is CCCCCCCCCCCCC/C=C/[C@@H](O)[C@H](CO[C@@H]1OC(CO)[C@@H](O[C@@H]2OC(CO)[C@H](O[C@@H]3OC(CO)[C@H](O)[C@H](O[C@@H]4OC(CO)[C@H](O)[C@H](O)C4O[C@H]4OC(C)[C@@H](O)C(O)[C@@H]4O)C3NC(C)=O)[C@H](O[C@]3(C(=O)O)CC(O)[C@@H](NC(=O)CO)C([C@H](O)[C@H](O)CO)O3)C2O)[C@H](O)C1O)NC(=O)CCCCCCCCCCCCCCCCC. The monoisotopic (exact) mass is 1710 g/mol. The van der Waals surface area contributed by atoms with Gasteiger partial charge >= 0.3 is 5.97 Å². The van der Waals surface area contributed by atoms with E-state index in [1.54, 1.807) is 6.08 Å². The van der Waals surface area contributed by atoms with Crippen molar-refractivity contribution in [2.75, 3.05) is 46.2 Å². The number of aliphatic hydroxyl groups excluding tert-OH is 19. The van der Waals surface area contributed by atoms with Gasteiger partial charge in [0, 0.05) is 19.8 Å². The fourth-order valence-corrected chi connectivity index (χ4v) is 15.7. The van der Waals surface area contributed by atoms with Crippen molar-refractivity contribution < 1.29 is 178 Å². The highest BCUT2D eigenvalue weighted by molar-refractivity contribution is 5.78. The van der Waals surface area contributed by atoms with Crippen molar-refractivity contribution in [3.63, 3.8) is 0 Å². The second-order valence-corrected chi connectivity index (χ2v) is 32.1. The number of amides is 3. The average molecular weight is 1710 g/mol. The smallest absolute Gasteiger partial charge is 0.364 e. The van der Waals surface area contributed by atoms with E-state index >= 15 is 0 Å². The maximum absolute atomic E-state index is 14.0. The third-order valence-corrected chi connectivity index (χ3v) is 22.8. The molecule has 0 radical (unpaired) electrons. The lowest BCUT2D eigenvalue weighted by atomic mass is 9.88. The molecule has 0 aromatic heterocycles. The first-order valence-electron chi connectivity index (χ1n) is 42.6. The van der Waals surface area contributed by atoms with Crippen LogP contribution in [0.3, 0.4) is 0 Å². The third-order valence-electron chi connectivity index (χ3n) is 22.8. The first kappa shape index (κ1) is 103. The van der Waals surface area contributed by atoms with Crippen LogP contribution in [0.25, 0.3) is 0 Å². The Balaban J connectivity index is 1.28. The van der Waals surface area contributed by atoms with Gasteiger partial charge < -0.3 is 175 Å². The topological polar surface area (TPSA) is 620 Å². The van der Waals surface area contributed by atoms with Crippen LogP contribution >= 0.6 is 0 Å². The highest BCUT2D eigenvalue weighted by Gasteiger charge is 2.63. The Hall–Kier alpha value is -3.62. The molecule has 6 aliphatic heterocycles. The van der Waals surface area contributed by atoms with Gasteiger partial charge in [0.05, 0.1) is 70.0 Å². The molecular formula is C79H141N3O36. The molecule has 0 aliphatic carbocycles. The second kappa shape index (κ2) is 53.6. The fraction of sp³-hybridized carbons (Fsp3) is 0.924. The fourth-order valence-electron chi connectivity index (χ4n) is 15.7. The van der Waals surface area contributed by atoms with Gasteiger partial charge in [-0.2, -0.15) is 0 Å². The van der Waals surface area contributed by atoms with Crippen molar-refractivity contribution in [1.29, 1.82) is 0 Å². The first-order valence-corrected chi connectivity index (χ1v) is 42.6. The first-order chi connectivity index (χ1) is 56.5. The number of hydrogen-bond donors (Lipinski definition) is 23. The van der Waals surface area contributed by atoms with E-state index in [0.29, 0.717) is 12.8 Å². The minimum atomic E-state index is -3.50. The summed E-state index contributed by atoms with van der Waals surface area (Å²) in [7, 11) is 0.